The van der Waals surface area contributed by atoms with Gasteiger partial charge >= 0.3 is 0 Å². The van der Waals surface area contributed by atoms with Gasteiger partial charge in [-0.25, -0.2) is 0 Å². The highest BCUT2D eigenvalue weighted by Gasteiger charge is 2.52. The third-order valence-corrected chi connectivity index (χ3v) is 15.1. The summed E-state index contributed by atoms with van der Waals surface area (Å²) in [5.74, 6) is 0. The monoisotopic (exact) mass is 841 g/mol. The molecule has 0 atom stereocenters. The zero-order valence-electron chi connectivity index (χ0n) is 36.7. The van der Waals surface area contributed by atoms with Crippen LogP contribution in [0, 0.1) is 0 Å². The topological polar surface area (TPSA) is 16.4 Å². The van der Waals surface area contributed by atoms with E-state index in [1.54, 1.807) is 0 Å². The zero-order chi connectivity index (χ0) is 43.7. The molecule has 0 saturated heterocycles. The molecule has 0 aliphatic heterocycles. The van der Waals surface area contributed by atoms with Crippen LogP contribution in [0.3, 0.4) is 0 Å². The second-order valence-corrected chi connectivity index (χ2v) is 18.7. The SMILES string of the molecule is CC1(C)c2ccccc2-c2ccc(N(c3ccc(-c4ccccc4)cc3)c3ccc(-c4cc5c(c6c4oc4ccccc46)-c4ccccc4C54c5ccccc5-c5ccccc54)cc3)cc21. The van der Waals surface area contributed by atoms with Crippen LogP contribution in [0.5, 0.6) is 0 Å². The summed E-state index contributed by atoms with van der Waals surface area (Å²) in [4.78, 5) is 2.41. The number of anilines is 3. The molecule has 1 aromatic heterocycles. The lowest BCUT2D eigenvalue weighted by atomic mass is 9.70. The van der Waals surface area contributed by atoms with Crippen molar-refractivity contribution in [2.24, 2.45) is 0 Å². The van der Waals surface area contributed by atoms with E-state index in [1.165, 1.54) is 83.3 Å². The van der Waals surface area contributed by atoms with Crippen molar-refractivity contribution in [3.63, 3.8) is 0 Å². The molecule has 0 amide bonds. The van der Waals surface area contributed by atoms with Crippen molar-refractivity contribution in [1.29, 1.82) is 0 Å². The largest absolute Gasteiger partial charge is 0.455 e. The Labute approximate surface area is 384 Å². The Bertz CT molecular complexity index is 3730. The molecule has 2 heteroatoms. The van der Waals surface area contributed by atoms with Gasteiger partial charge in [0, 0.05) is 38.8 Å². The summed E-state index contributed by atoms with van der Waals surface area (Å²) in [5.41, 5.74) is 24.9. The first-order valence-corrected chi connectivity index (χ1v) is 23.1. The maximum absolute atomic E-state index is 7.01. The van der Waals surface area contributed by atoms with E-state index in [2.05, 4.69) is 243 Å². The zero-order valence-corrected chi connectivity index (χ0v) is 36.7. The molecule has 310 valence electrons. The Morgan fingerprint density at radius 1 is 0.348 bits per heavy atom. The smallest absolute Gasteiger partial charge is 0.143 e. The van der Waals surface area contributed by atoms with Gasteiger partial charge in [0.05, 0.1) is 5.41 Å². The minimum atomic E-state index is -0.482. The average molecular weight is 842 g/mol. The predicted molar refractivity (Wildman–Crippen MR) is 273 cm³/mol. The molecule has 1 spiro atoms. The number of rotatable bonds is 5. The number of para-hydroxylation sites is 1. The van der Waals surface area contributed by atoms with Crippen LogP contribution in [0.25, 0.3) is 77.6 Å². The second kappa shape index (κ2) is 13.7. The van der Waals surface area contributed by atoms with Crippen LogP contribution >= 0.6 is 0 Å². The highest BCUT2D eigenvalue weighted by Crippen LogP contribution is 2.65. The quantitative estimate of drug-likeness (QED) is 0.172. The molecule has 0 bridgehead atoms. The molecule has 3 aliphatic rings. The fourth-order valence-corrected chi connectivity index (χ4v) is 12.2. The fraction of sp³-hybridized carbons (Fsp3) is 0.0625. The number of fused-ring (bicyclic) bond motifs is 17. The van der Waals surface area contributed by atoms with Crippen molar-refractivity contribution in [1.82, 2.24) is 0 Å². The summed E-state index contributed by atoms with van der Waals surface area (Å²) in [6.07, 6.45) is 0. The van der Waals surface area contributed by atoms with E-state index in [1.807, 2.05) is 0 Å². The van der Waals surface area contributed by atoms with Gasteiger partial charge in [-0.05, 0) is 132 Å². The Morgan fingerprint density at radius 2 is 0.833 bits per heavy atom. The summed E-state index contributed by atoms with van der Waals surface area (Å²) < 4.78 is 7.01. The summed E-state index contributed by atoms with van der Waals surface area (Å²) >= 11 is 0. The van der Waals surface area contributed by atoms with Gasteiger partial charge in [-0.2, -0.15) is 0 Å². The lowest BCUT2D eigenvalue weighted by Crippen LogP contribution is -2.25. The molecule has 0 radical (unpaired) electrons. The summed E-state index contributed by atoms with van der Waals surface area (Å²) in [6, 6.07) is 82.9. The summed E-state index contributed by atoms with van der Waals surface area (Å²) in [7, 11) is 0. The van der Waals surface area contributed by atoms with Crippen molar-refractivity contribution in [2.75, 3.05) is 4.90 Å². The van der Waals surface area contributed by atoms with Crippen LogP contribution in [-0.2, 0) is 10.8 Å². The van der Waals surface area contributed by atoms with E-state index >= 15 is 0 Å². The minimum Gasteiger partial charge on any atom is -0.455 e. The van der Waals surface area contributed by atoms with Gasteiger partial charge in [0.15, 0.2) is 0 Å². The molecule has 0 N–H and O–H groups in total. The molecular formula is C64H43NO. The van der Waals surface area contributed by atoms with Crippen LogP contribution < -0.4 is 4.90 Å². The van der Waals surface area contributed by atoms with E-state index < -0.39 is 5.41 Å². The van der Waals surface area contributed by atoms with Gasteiger partial charge in [0.25, 0.3) is 0 Å². The summed E-state index contributed by atoms with van der Waals surface area (Å²) in [5, 5.41) is 2.32. The number of hydrogen-bond acceptors (Lipinski definition) is 2. The third-order valence-electron chi connectivity index (χ3n) is 15.1. The molecule has 10 aromatic carbocycles. The van der Waals surface area contributed by atoms with E-state index in [0.717, 1.165) is 44.7 Å². The molecule has 66 heavy (non-hydrogen) atoms. The minimum absolute atomic E-state index is 0.127. The maximum Gasteiger partial charge on any atom is 0.143 e. The predicted octanol–water partition coefficient (Wildman–Crippen LogP) is 17.0. The molecule has 0 saturated carbocycles. The molecule has 3 aliphatic carbocycles. The first-order chi connectivity index (χ1) is 32.5. The van der Waals surface area contributed by atoms with E-state index in [0.29, 0.717) is 0 Å². The van der Waals surface area contributed by atoms with Gasteiger partial charge in [0.2, 0.25) is 0 Å². The Morgan fingerprint density at radius 3 is 1.50 bits per heavy atom. The highest BCUT2D eigenvalue weighted by atomic mass is 16.3. The molecule has 0 unspecified atom stereocenters. The molecule has 11 aromatic rings. The average Bonchev–Trinajstić information content (AvgIpc) is 4.07. The molecule has 1 heterocycles. The molecular weight excluding hydrogens is 799 g/mol. The van der Waals surface area contributed by atoms with Crippen LogP contribution in [0.1, 0.15) is 47.2 Å². The number of benzene rings is 10. The van der Waals surface area contributed by atoms with Crippen molar-refractivity contribution >= 4 is 39.0 Å². The lowest BCUT2D eigenvalue weighted by Gasteiger charge is -2.31. The van der Waals surface area contributed by atoms with E-state index in [-0.39, 0.29) is 5.41 Å². The first kappa shape index (κ1) is 37.2. The van der Waals surface area contributed by atoms with Gasteiger partial charge in [-0.1, -0.05) is 190 Å². The normalized spacial score (nSPS) is 14.2. The van der Waals surface area contributed by atoms with Crippen LogP contribution in [-0.4, -0.2) is 0 Å². The standard InChI is InChI=1S/C64H43NO/c1-63(2)53-23-11-6-18-46(53)49-37-36-45(38-57(49)63)65(43-32-28-41(29-33-43)40-16-4-3-5-17-40)44-34-30-42(31-35-44)52-39-58-60(61-51-22-10-15-27-59(51)66-62(52)61)50-21-9-14-26-56(50)64(58)54-24-12-7-19-47(54)48-20-8-13-25-55(48)64/h3-39H,1-2H3. The van der Waals surface area contributed by atoms with E-state index in [4.69, 9.17) is 4.42 Å². The van der Waals surface area contributed by atoms with Crippen molar-refractivity contribution < 1.29 is 4.42 Å². The van der Waals surface area contributed by atoms with Crippen molar-refractivity contribution in [3.05, 3.63) is 258 Å². The summed E-state index contributed by atoms with van der Waals surface area (Å²) in [6.45, 7) is 4.71. The lowest BCUT2D eigenvalue weighted by molar-refractivity contribution is 0.660. The first-order valence-electron chi connectivity index (χ1n) is 23.1. The van der Waals surface area contributed by atoms with Gasteiger partial charge in [0.1, 0.15) is 11.2 Å². The van der Waals surface area contributed by atoms with Gasteiger partial charge in [-0.15, -0.1) is 0 Å². The van der Waals surface area contributed by atoms with Crippen molar-refractivity contribution in [3.8, 4) is 55.6 Å². The Hall–Kier alpha value is -8.20. The Balaban J connectivity index is 0.975. The van der Waals surface area contributed by atoms with E-state index in [9.17, 15) is 0 Å². The number of nitrogens with zero attached hydrogens (tertiary/aromatic N) is 1. The Kier molecular flexibility index (Phi) is 7.70. The van der Waals surface area contributed by atoms with Crippen LogP contribution in [0.4, 0.5) is 17.1 Å². The molecule has 0 fully saturated rings. The number of hydrogen-bond donors (Lipinski definition) is 0. The fourth-order valence-electron chi connectivity index (χ4n) is 12.2. The van der Waals surface area contributed by atoms with Gasteiger partial charge in [-0.3, -0.25) is 0 Å². The molecule has 2 nitrogen and oxygen atoms in total. The maximum atomic E-state index is 7.01. The number of furan rings is 1. The molecule has 14 rings (SSSR count). The van der Waals surface area contributed by atoms with Crippen LogP contribution in [0.15, 0.2) is 229 Å². The highest BCUT2D eigenvalue weighted by molar-refractivity contribution is 6.19. The second-order valence-electron chi connectivity index (χ2n) is 18.7. The van der Waals surface area contributed by atoms with Crippen LogP contribution in [0.2, 0.25) is 0 Å². The van der Waals surface area contributed by atoms with Crippen molar-refractivity contribution in [2.45, 2.75) is 24.7 Å². The third kappa shape index (κ3) is 4.96. The van der Waals surface area contributed by atoms with Gasteiger partial charge < -0.3 is 9.32 Å².